The minimum atomic E-state index is 0.216. The number of nitrogens with one attached hydrogen (secondary N) is 1. The first-order valence-corrected chi connectivity index (χ1v) is 7.79. The molecule has 2 aliphatic rings. The number of aryl methyl sites for hydroxylation is 1. The summed E-state index contributed by atoms with van der Waals surface area (Å²) < 4.78 is 1.99. The molecule has 1 N–H and O–H groups in total. The van der Waals surface area contributed by atoms with E-state index in [1.54, 1.807) is 18.0 Å². The van der Waals surface area contributed by atoms with Crippen LogP contribution in [0.2, 0.25) is 0 Å². The van der Waals surface area contributed by atoms with Crippen LogP contribution in [0.4, 0.5) is 0 Å². The standard InChI is InChI=1S/C14H19N3OS/c1-17-6-4-16-14(17)19-7-5-15-13(18)12-9-10-2-3-11(12)8-10/h2-4,6,10-12H,5,7-9H2,1H3,(H,15,18)/t10-,11+,12-/m1/s1. The van der Waals surface area contributed by atoms with Crippen molar-refractivity contribution in [2.24, 2.45) is 24.8 Å². The van der Waals surface area contributed by atoms with Crippen LogP contribution in [-0.4, -0.2) is 27.8 Å². The number of imidazole rings is 1. The number of aromatic nitrogens is 2. The molecule has 3 atom stereocenters. The molecule has 19 heavy (non-hydrogen) atoms. The third kappa shape index (κ3) is 2.71. The van der Waals surface area contributed by atoms with E-state index in [1.165, 1.54) is 6.42 Å². The normalized spacial score (nSPS) is 27.9. The number of rotatable bonds is 5. The van der Waals surface area contributed by atoms with E-state index in [1.807, 2.05) is 17.8 Å². The molecule has 1 heterocycles. The molecular weight excluding hydrogens is 258 g/mol. The number of fused-ring (bicyclic) bond motifs is 2. The number of amides is 1. The third-order valence-corrected chi connectivity index (χ3v) is 5.08. The topological polar surface area (TPSA) is 46.9 Å². The SMILES string of the molecule is Cn1ccnc1SCCNC(=O)[C@@H]1C[C@@H]2C=C[C@H]1C2. The second-order valence-corrected chi connectivity index (χ2v) is 6.41. The summed E-state index contributed by atoms with van der Waals surface area (Å²) in [6.07, 6.45) is 10.4. The van der Waals surface area contributed by atoms with Crippen LogP contribution in [0.25, 0.3) is 0 Å². The predicted octanol–water partition coefficient (Wildman–Crippen LogP) is 1.84. The summed E-state index contributed by atoms with van der Waals surface area (Å²) in [6.45, 7) is 0.716. The van der Waals surface area contributed by atoms with E-state index in [-0.39, 0.29) is 11.8 Å². The quantitative estimate of drug-likeness (QED) is 0.507. The van der Waals surface area contributed by atoms with Gasteiger partial charge in [-0.1, -0.05) is 23.9 Å². The number of carbonyl (C=O) groups excluding carboxylic acids is 1. The molecule has 1 aromatic heterocycles. The molecule has 102 valence electrons. The molecule has 2 aliphatic carbocycles. The molecule has 0 saturated heterocycles. The maximum atomic E-state index is 12.1. The van der Waals surface area contributed by atoms with Crippen LogP contribution in [0.5, 0.6) is 0 Å². The smallest absolute Gasteiger partial charge is 0.223 e. The lowest BCUT2D eigenvalue weighted by atomic mass is 9.93. The average Bonchev–Trinajstić information content (AvgIpc) is 3.11. The van der Waals surface area contributed by atoms with Crippen LogP contribution in [0.1, 0.15) is 12.8 Å². The van der Waals surface area contributed by atoms with Gasteiger partial charge in [0.1, 0.15) is 0 Å². The molecule has 0 aliphatic heterocycles. The summed E-state index contributed by atoms with van der Waals surface area (Å²) >= 11 is 1.68. The van der Waals surface area contributed by atoms with Crippen molar-refractivity contribution in [1.29, 1.82) is 0 Å². The lowest BCUT2D eigenvalue weighted by Gasteiger charge is -2.17. The minimum Gasteiger partial charge on any atom is -0.355 e. The molecule has 0 radical (unpaired) electrons. The van der Waals surface area contributed by atoms with Crippen LogP contribution in [0.15, 0.2) is 29.7 Å². The van der Waals surface area contributed by atoms with E-state index in [2.05, 4.69) is 22.5 Å². The average molecular weight is 277 g/mol. The summed E-state index contributed by atoms with van der Waals surface area (Å²) in [5.74, 6) is 2.47. The Morgan fingerprint density at radius 1 is 1.53 bits per heavy atom. The highest BCUT2D eigenvalue weighted by atomic mass is 32.2. The van der Waals surface area contributed by atoms with Crippen molar-refractivity contribution in [2.45, 2.75) is 18.0 Å². The van der Waals surface area contributed by atoms with Gasteiger partial charge in [-0.05, 0) is 24.7 Å². The van der Waals surface area contributed by atoms with Crippen molar-refractivity contribution in [3.8, 4) is 0 Å². The molecule has 1 aromatic rings. The second-order valence-electron chi connectivity index (χ2n) is 5.35. The number of thioether (sulfide) groups is 1. The summed E-state index contributed by atoms with van der Waals surface area (Å²) in [4.78, 5) is 16.3. The molecule has 4 nitrogen and oxygen atoms in total. The number of hydrogen-bond donors (Lipinski definition) is 1. The summed E-state index contributed by atoms with van der Waals surface area (Å²) in [6, 6.07) is 0. The zero-order valence-corrected chi connectivity index (χ0v) is 11.9. The first-order chi connectivity index (χ1) is 9.24. The number of hydrogen-bond acceptors (Lipinski definition) is 3. The van der Waals surface area contributed by atoms with Crippen LogP contribution in [0, 0.1) is 17.8 Å². The molecule has 0 spiro atoms. The fraction of sp³-hybridized carbons (Fsp3) is 0.571. The van der Waals surface area contributed by atoms with E-state index in [0.717, 1.165) is 17.3 Å². The molecular formula is C14H19N3OS. The number of allylic oxidation sites excluding steroid dienone is 2. The maximum absolute atomic E-state index is 12.1. The highest BCUT2D eigenvalue weighted by Crippen LogP contribution is 2.43. The lowest BCUT2D eigenvalue weighted by molar-refractivity contribution is -0.125. The second kappa shape index (κ2) is 5.41. The fourth-order valence-corrected chi connectivity index (χ4v) is 3.81. The van der Waals surface area contributed by atoms with E-state index >= 15 is 0 Å². The van der Waals surface area contributed by atoms with Gasteiger partial charge in [0.15, 0.2) is 5.16 Å². The summed E-state index contributed by atoms with van der Waals surface area (Å²) in [5.41, 5.74) is 0. The van der Waals surface area contributed by atoms with E-state index in [0.29, 0.717) is 18.4 Å². The lowest BCUT2D eigenvalue weighted by Crippen LogP contribution is -2.34. The van der Waals surface area contributed by atoms with Gasteiger partial charge >= 0.3 is 0 Å². The maximum Gasteiger partial charge on any atom is 0.223 e. The zero-order chi connectivity index (χ0) is 13.2. The monoisotopic (exact) mass is 277 g/mol. The van der Waals surface area contributed by atoms with Crippen molar-refractivity contribution in [2.75, 3.05) is 12.3 Å². The highest BCUT2D eigenvalue weighted by molar-refractivity contribution is 7.99. The molecule has 2 bridgehead atoms. The van der Waals surface area contributed by atoms with Crippen molar-refractivity contribution < 1.29 is 4.79 Å². The first-order valence-electron chi connectivity index (χ1n) is 6.80. The van der Waals surface area contributed by atoms with Gasteiger partial charge in [0.25, 0.3) is 0 Å². The highest BCUT2D eigenvalue weighted by Gasteiger charge is 2.39. The Morgan fingerprint density at radius 3 is 3.05 bits per heavy atom. The summed E-state index contributed by atoms with van der Waals surface area (Å²) in [7, 11) is 1.98. The van der Waals surface area contributed by atoms with Gasteiger partial charge in [-0.2, -0.15) is 0 Å². The van der Waals surface area contributed by atoms with Crippen molar-refractivity contribution in [1.82, 2.24) is 14.9 Å². The largest absolute Gasteiger partial charge is 0.355 e. The van der Waals surface area contributed by atoms with Crippen LogP contribution in [-0.2, 0) is 11.8 Å². The minimum absolute atomic E-state index is 0.216. The Balaban J connectivity index is 1.40. The van der Waals surface area contributed by atoms with E-state index in [4.69, 9.17) is 0 Å². The molecule has 1 fully saturated rings. The Hall–Kier alpha value is -1.23. The Morgan fingerprint density at radius 2 is 2.42 bits per heavy atom. The van der Waals surface area contributed by atoms with Crippen molar-refractivity contribution in [3.63, 3.8) is 0 Å². The third-order valence-electron chi connectivity index (χ3n) is 4.03. The van der Waals surface area contributed by atoms with Gasteiger partial charge in [-0.15, -0.1) is 0 Å². The molecule has 0 aromatic carbocycles. The Bertz CT molecular complexity index is 497. The van der Waals surface area contributed by atoms with Gasteiger partial charge in [-0.3, -0.25) is 4.79 Å². The van der Waals surface area contributed by atoms with E-state index < -0.39 is 0 Å². The predicted molar refractivity (Wildman–Crippen MR) is 75.8 cm³/mol. The van der Waals surface area contributed by atoms with Crippen molar-refractivity contribution in [3.05, 3.63) is 24.5 Å². The van der Waals surface area contributed by atoms with Gasteiger partial charge < -0.3 is 9.88 Å². The Kier molecular flexibility index (Phi) is 3.64. The van der Waals surface area contributed by atoms with Crippen molar-refractivity contribution >= 4 is 17.7 Å². The number of carbonyl (C=O) groups is 1. The molecule has 1 saturated carbocycles. The van der Waals surface area contributed by atoms with Crippen LogP contribution in [0.3, 0.4) is 0 Å². The Labute approximate surface area is 117 Å². The molecule has 5 heteroatoms. The van der Waals surface area contributed by atoms with Crippen LogP contribution >= 0.6 is 11.8 Å². The van der Waals surface area contributed by atoms with Gasteiger partial charge in [-0.25, -0.2) is 4.98 Å². The van der Waals surface area contributed by atoms with Gasteiger partial charge in [0.2, 0.25) is 5.91 Å². The summed E-state index contributed by atoms with van der Waals surface area (Å²) in [5, 5.41) is 4.06. The zero-order valence-electron chi connectivity index (χ0n) is 11.1. The number of nitrogens with zero attached hydrogens (tertiary/aromatic N) is 2. The van der Waals surface area contributed by atoms with E-state index in [9.17, 15) is 4.79 Å². The molecule has 0 unspecified atom stereocenters. The van der Waals surface area contributed by atoms with Gasteiger partial charge in [0.05, 0.1) is 0 Å². The first kappa shape index (κ1) is 12.8. The molecule has 3 rings (SSSR count). The van der Waals surface area contributed by atoms with Gasteiger partial charge in [0, 0.05) is 37.7 Å². The fourth-order valence-electron chi connectivity index (χ4n) is 3.02. The molecule has 1 amide bonds. The van der Waals surface area contributed by atoms with Crippen LogP contribution < -0.4 is 5.32 Å².